The van der Waals surface area contributed by atoms with Crippen molar-refractivity contribution in [2.24, 2.45) is 0 Å². The van der Waals surface area contributed by atoms with Gasteiger partial charge < -0.3 is 4.90 Å². The normalized spacial score (nSPS) is 21.0. The monoisotopic (exact) mass is 345 g/mol. The van der Waals surface area contributed by atoms with Gasteiger partial charge in [0.25, 0.3) is 5.91 Å². The number of aromatic nitrogens is 3. The van der Waals surface area contributed by atoms with Crippen molar-refractivity contribution in [3.63, 3.8) is 0 Å². The van der Waals surface area contributed by atoms with Crippen LogP contribution in [0.5, 0.6) is 0 Å². The molecule has 7 heteroatoms. The fourth-order valence-corrected chi connectivity index (χ4v) is 3.81. The summed E-state index contributed by atoms with van der Waals surface area (Å²) >= 11 is 6.18. The van der Waals surface area contributed by atoms with E-state index in [-0.39, 0.29) is 5.91 Å². The average molecular weight is 346 g/mol. The number of nitrogens with zero attached hydrogens (tertiary/aromatic N) is 5. The molecule has 1 aromatic heterocycles. The molecule has 0 spiro atoms. The van der Waals surface area contributed by atoms with Crippen molar-refractivity contribution < 1.29 is 4.79 Å². The van der Waals surface area contributed by atoms with E-state index in [2.05, 4.69) is 15.2 Å². The second-order valence-electron chi connectivity index (χ2n) is 6.48. The summed E-state index contributed by atoms with van der Waals surface area (Å²) < 4.78 is 1.67. The smallest absolute Gasteiger partial charge is 0.276 e. The van der Waals surface area contributed by atoms with Crippen LogP contribution in [0.4, 0.5) is 0 Å². The van der Waals surface area contributed by atoms with E-state index < -0.39 is 0 Å². The van der Waals surface area contributed by atoms with Crippen LogP contribution in [-0.2, 0) is 6.54 Å². The van der Waals surface area contributed by atoms with Gasteiger partial charge in [-0.1, -0.05) is 35.0 Å². The second kappa shape index (κ2) is 6.53. The number of piperazine rings is 1. The van der Waals surface area contributed by atoms with E-state index in [1.54, 1.807) is 10.9 Å². The maximum atomic E-state index is 12.7. The second-order valence-corrected chi connectivity index (χ2v) is 6.88. The van der Waals surface area contributed by atoms with Crippen molar-refractivity contribution >= 4 is 17.5 Å². The highest BCUT2D eigenvalue weighted by Crippen LogP contribution is 2.22. The van der Waals surface area contributed by atoms with Crippen LogP contribution in [0.3, 0.4) is 0 Å². The topological polar surface area (TPSA) is 54.3 Å². The third-order valence-corrected chi connectivity index (χ3v) is 5.29. The number of halogens is 1. The fraction of sp³-hybridized carbons (Fsp3) is 0.471. The Morgan fingerprint density at radius 3 is 3.00 bits per heavy atom. The molecule has 2 fully saturated rings. The minimum absolute atomic E-state index is 0.0213. The Hall–Kier alpha value is -1.92. The van der Waals surface area contributed by atoms with E-state index in [0.717, 1.165) is 25.2 Å². The van der Waals surface area contributed by atoms with Gasteiger partial charge in [-0.15, -0.1) is 5.10 Å². The van der Waals surface area contributed by atoms with E-state index in [9.17, 15) is 4.79 Å². The molecule has 24 heavy (non-hydrogen) atoms. The fourth-order valence-electron chi connectivity index (χ4n) is 3.61. The van der Waals surface area contributed by atoms with Gasteiger partial charge in [-0.25, -0.2) is 4.68 Å². The van der Waals surface area contributed by atoms with Gasteiger partial charge in [-0.3, -0.25) is 9.69 Å². The quantitative estimate of drug-likeness (QED) is 0.852. The lowest BCUT2D eigenvalue weighted by Gasteiger charge is -2.37. The van der Waals surface area contributed by atoms with Crippen LogP contribution in [0.25, 0.3) is 0 Å². The number of amides is 1. The van der Waals surface area contributed by atoms with E-state index in [4.69, 9.17) is 11.6 Å². The predicted octanol–water partition coefficient (Wildman–Crippen LogP) is 1.90. The molecule has 0 N–H and O–H groups in total. The van der Waals surface area contributed by atoms with Gasteiger partial charge in [0, 0.05) is 30.7 Å². The van der Waals surface area contributed by atoms with Crippen LogP contribution in [0.2, 0.25) is 5.02 Å². The Morgan fingerprint density at radius 2 is 2.12 bits per heavy atom. The summed E-state index contributed by atoms with van der Waals surface area (Å²) in [7, 11) is 0. The third-order valence-electron chi connectivity index (χ3n) is 4.92. The molecule has 2 saturated heterocycles. The molecule has 0 bridgehead atoms. The number of benzene rings is 1. The molecule has 1 amide bonds. The van der Waals surface area contributed by atoms with Crippen LogP contribution < -0.4 is 0 Å². The van der Waals surface area contributed by atoms with Crippen molar-refractivity contribution in [2.45, 2.75) is 25.4 Å². The maximum absolute atomic E-state index is 12.7. The molecule has 6 nitrogen and oxygen atoms in total. The number of carbonyl (C=O) groups is 1. The molecule has 0 unspecified atom stereocenters. The summed E-state index contributed by atoms with van der Waals surface area (Å²) in [5.74, 6) is -0.0213. The van der Waals surface area contributed by atoms with Crippen molar-refractivity contribution in [1.82, 2.24) is 24.8 Å². The van der Waals surface area contributed by atoms with E-state index in [1.807, 2.05) is 29.2 Å². The van der Waals surface area contributed by atoms with Crippen molar-refractivity contribution in [3.05, 3.63) is 46.7 Å². The van der Waals surface area contributed by atoms with Gasteiger partial charge >= 0.3 is 0 Å². The first-order valence-corrected chi connectivity index (χ1v) is 8.75. The average Bonchev–Trinajstić information content (AvgIpc) is 3.24. The number of hydrogen-bond acceptors (Lipinski definition) is 4. The largest absolute Gasteiger partial charge is 0.334 e. The summed E-state index contributed by atoms with van der Waals surface area (Å²) in [6.45, 7) is 4.21. The van der Waals surface area contributed by atoms with Gasteiger partial charge in [-0.05, 0) is 31.0 Å². The van der Waals surface area contributed by atoms with E-state index in [1.165, 1.54) is 19.4 Å². The highest BCUT2D eigenvalue weighted by atomic mass is 35.5. The molecule has 126 valence electrons. The van der Waals surface area contributed by atoms with Crippen LogP contribution in [-0.4, -0.2) is 62.9 Å². The lowest BCUT2D eigenvalue weighted by Crippen LogP contribution is -2.52. The minimum Gasteiger partial charge on any atom is -0.334 e. The lowest BCUT2D eigenvalue weighted by atomic mass is 10.1. The predicted molar refractivity (Wildman–Crippen MR) is 91.1 cm³/mol. The van der Waals surface area contributed by atoms with Gasteiger partial charge in [0.15, 0.2) is 5.69 Å². The Labute approximate surface area is 146 Å². The van der Waals surface area contributed by atoms with Crippen LogP contribution in [0.1, 0.15) is 28.9 Å². The summed E-state index contributed by atoms with van der Waals surface area (Å²) in [5, 5.41) is 8.85. The van der Waals surface area contributed by atoms with Gasteiger partial charge in [-0.2, -0.15) is 0 Å². The van der Waals surface area contributed by atoms with Crippen molar-refractivity contribution in [3.8, 4) is 0 Å². The molecule has 2 aromatic rings. The summed E-state index contributed by atoms with van der Waals surface area (Å²) in [6, 6.07) is 8.14. The molecular weight excluding hydrogens is 326 g/mol. The molecule has 3 heterocycles. The van der Waals surface area contributed by atoms with E-state index >= 15 is 0 Å². The maximum Gasteiger partial charge on any atom is 0.276 e. The van der Waals surface area contributed by atoms with Gasteiger partial charge in [0.2, 0.25) is 0 Å². The highest BCUT2D eigenvalue weighted by molar-refractivity contribution is 6.31. The summed E-state index contributed by atoms with van der Waals surface area (Å²) in [5.41, 5.74) is 1.37. The van der Waals surface area contributed by atoms with Crippen LogP contribution >= 0.6 is 11.6 Å². The lowest BCUT2D eigenvalue weighted by molar-refractivity contribution is 0.0565. The third kappa shape index (κ3) is 3.03. The Morgan fingerprint density at radius 1 is 1.25 bits per heavy atom. The number of fused-ring (bicyclic) bond motifs is 1. The van der Waals surface area contributed by atoms with Gasteiger partial charge in [0.1, 0.15) is 0 Å². The first kappa shape index (κ1) is 15.6. The zero-order valence-electron chi connectivity index (χ0n) is 13.4. The molecule has 1 aromatic carbocycles. The SMILES string of the molecule is O=C(c1cn(Cc2ccccc2Cl)nn1)N1CCN2CCC[C@@H]2C1. The number of hydrogen-bond donors (Lipinski definition) is 0. The first-order valence-electron chi connectivity index (χ1n) is 8.37. The summed E-state index contributed by atoms with van der Waals surface area (Å²) in [6.07, 6.45) is 4.14. The molecule has 1 atom stereocenters. The van der Waals surface area contributed by atoms with Gasteiger partial charge in [0.05, 0.1) is 12.7 Å². The Kier molecular flexibility index (Phi) is 4.24. The first-order chi connectivity index (χ1) is 11.7. The zero-order valence-corrected chi connectivity index (χ0v) is 14.2. The standard InChI is InChI=1S/C17H20ClN5O/c18-15-6-2-1-4-13(15)10-23-12-16(19-20-23)17(24)22-9-8-21-7-3-5-14(21)11-22/h1-2,4,6,12,14H,3,5,7-11H2/t14-/m1/s1. The Balaban J connectivity index is 1.44. The van der Waals surface area contributed by atoms with Crippen LogP contribution in [0, 0.1) is 0 Å². The summed E-state index contributed by atoms with van der Waals surface area (Å²) in [4.78, 5) is 17.1. The molecule has 2 aliphatic rings. The highest BCUT2D eigenvalue weighted by Gasteiger charge is 2.33. The molecule has 4 rings (SSSR count). The molecule has 0 radical (unpaired) electrons. The molecular formula is C17H20ClN5O. The molecule has 2 aliphatic heterocycles. The Bertz CT molecular complexity index is 746. The number of rotatable bonds is 3. The minimum atomic E-state index is -0.0213. The van der Waals surface area contributed by atoms with Crippen molar-refractivity contribution in [2.75, 3.05) is 26.2 Å². The van der Waals surface area contributed by atoms with Crippen LogP contribution in [0.15, 0.2) is 30.5 Å². The van der Waals surface area contributed by atoms with Crippen molar-refractivity contribution in [1.29, 1.82) is 0 Å². The zero-order chi connectivity index (χ0) is 16.5. The molecule has 0 aliphatic carbocycles. The van der Waals surface area contributed by atoms with E-state index in [0.29, 0.717) is 23.3 Å². The number of carbonyl (C=O) groups excluding carboxylic acids is 1. The molecule has 0 saturated carbocycles.